The Balaban J connectivity index is 1.45. The maximum atomic E-state index is 13.1. The van der Waals surface area contributed by atoms with Crippen molar-refractivity contribution in [3.05, 3.63) is 51.9 Å². The third kappa shape index (κ3) is 4.32. The molecule has 4 rings (SSSR count). The number of carbonyl (C=O) groups is 1. The third-order valence-electron chi connectivity index (χ3n) is 5.94. The Morgan fingerprint density at radius 1 is 1.30 bits per heavy atom. The van der Waals surface area contributed by atoms with Gasteiger partial charge in [-0.1, -0.05) is 36.8 Å². The molecule has 0 radical (unpaired) electrons. The number of hydrogen-bond donors (Lipinski definition) is 1. The first-order chi connectivity index (χ1) is 14.6. The Hall–Kier alpha value is -2.51. The molecule has 0 aliphatic carbocycles. The Morgan fingerprint density at radius 2 is 2.10 bits per heavy atom. The second kappa shape index (κ2) is 9.10. The fraction of sp³-hybridized carbons (Fsp3) is 0.435. The maximum Gasteiger partial charge on any atom is 0.262 e. The third-order valence-corrected chi connectivity index (χ3v) is 6.83. The number of benzene rings is 1. The van der Waals surface area contributed by atoms with E-state index in [1.165, 1.54) is 23.3 Å². The van der Waals surface area contributed by atoms with Crippen molar-refractivity contribution in [1.82, 2.24) is 19.8 Å². The van der Waals surface area contributed by atoms with E-state index < -0.39 is 0 Å². The van der Waals surface area contributed by atoms with Gasteiger partial charge in [-0.2, -0.15) is 0 Å². The Bertz CT molecular complexity index is 1090. The van der Waals surface area contributed by atoms with Crippen LogP contribution in [0.2, 0.25) is 0 Å². The highest BCUT2D eigenvalue weighted by molar-refractivity contribution is 7.17. The zero-order valence-electron chi connectivity index (χ0n) is 17.6. The van der Waals surface area contributed by atoms with Gasteiger partial charge in [0.1, 0.15) is 4.83 Å². The van der Waals surface area contributed by atoms with Crippen molar-refractivity contribution in [2.24, 2.45) is 0 Å². The zero-order chi connectivity index (χ0) is 21.1. The van der Waals surface area contributed by atoms with E-state index in [1.54, 1.807) is 10.9 Å². The summed E-state index contributed by atoms with van der Waals surface area (Å²) < 4.78 is 1.56. The lowest BCUT2D eigenvalue weighted by molar-refractivity contribution is -0.121. The van der Waals surface area contributed by atoms with Crippen molar-refractivity contribution in [2.45, 2.75) is 45.7 Å². The summed E-state index contributed by atoms with van der Waals surface area (Å²) in [5.41, 5.74) is 3.02. The van der Waals surface area contributed by atoms with Crippen LogP contribution in [0.4, 0.5) is 0 Å². The van der Waals surface area contributed by atoms with Gasteiger partial charge in [-0.25, -0.2) is 4.98 Å². The molecule has 1 unspecified atom stereocenters. The monoisotopic (exact) mass is 424 g/mol. The number of nitrogens with zero attached hydrogens (tertiary/aromatic N) is 3. The Morgan fingerprint density at radius 3 is 2.87 bits per heavy atom. The largest absolute Gasteiger partial charge is 0.354 e. The number of nitrogens with one attached hydrogen (secondary N) is 1. The van der Waals surface area contributed by atoms with Gasteiger partial charge in [0.05, 0.1) is 11.7 Å². The summed E-state index contributed by atoms with van der Waals surface area (Å²) in [6.07, 6.45) is 4.16. The number of thiophene rings is 1. The molecular weight excluding hydrogens is 396 g/mol. The molecule has 1 N–H and O–H groups in total. The molecule has 1 aliphatic heterocycles. The van der Waals surface area contributed by atoms with Crippen molar-refractivity contribution in [3.63, 3.8) is 0 Å². The summed E-state index contributed by atoms with van der Waals surface area (Å²) in [7, 11) is 0. The fourth-order valence-corrected chi connectivity index (χ4v) is 5.06. The Kier molecular flexibility index (Phi) is 6.29. The quantitative estimate of drug-likeness (QED) is 0.631. The van der Waals surface area contributed by atoms with E-state index in [4.69, 9.17) is 0 Å². The lowest BCUT2D eigenvalue weighted by atomic mass is 10.1. The number of fused-ring (bicyclic) bond motifs is 1. The van der Waals surface area contributed by atoms with E-state index in [2.05, 4.69) is 22.1 Å². The molecule has 0 saturated carbocycles. The summed E-state index contributed by atoms with van der Waals surface area (Å²) in [5, 5.41) is 5.66. The molecule has 1 atom stereocenters. The van der Waals surface area contributed by atoms with Crippen LogP contribution in [0.5, 0.6) is 0 Å². The fourth-order valence-electron chi connectivity index (χ4n) is 4.16. The minimum absolute atomic E-state index is 0.0194. The number of carbonyl (C=O) groups excluding carboxylic acids is 1. The minimum Gasteiger partial charge on any atom is -0.354 e. The number of likely N-dealkylation sites (tertiary alicyclic amines) is 1. The SMILES string of the molecule is CCN1CCCC1CNC(=O)CCn1cnc2scc(-c3ccc(C)cc3)c2c1=O. The van der Waals surface area contributed by atoms with Crippen LogP contribution in [0, 0.1) is 6.92 Å². The molecule has 6 nitrogen and oxygen atoms in total. The molecular formula is C23H28N4O2S. The Labute approximate surface area is 180 Å². The van der Waals surface area contributed by atoms with Crippen LogP contribution in [0.25, 0.3) is 21.3 Å². The molecule has 7 heteroatoms. The number of likely N-dealkylation sites (N-methyl/N-ethyl adjacent to an activating group) is 1. The average molecular weight is 425 g/mol. The van der Waals surface area contributed by atoms with E-state index in [9.17, 15) is 9.59 Å². The molecule has 1 saturated heterocycles. The molecule has 1 aliphatic rings. The lowest BCUT2D eigenvalue weighted by Crippen LogP contribution is -2.40. The number of amides is 1. The van der Waals surface area contributed by atoms with Crippen LogP contribution in [-0.4, -0.2) is 46.0 Å². The lowest BCUT2D eigenvalue weighted by Gasteiger charge is -2.22. The number of hydrogen-bond acceptors (Lipinski definition) is 5. The van der Waals surface area contributed by atoms with Gasteiger partial charge in [0.15, 0.2) is 0 Å². The van der Waals surface area contributed by atoms with Crippen LogP contribution < -0.4 is 10.9 Å². The van der Waals surface area contributed by atoms with E-state index in [0.29, 0.717) is 24.5 Å². The smallest absolute Gasteiger partial charge is 0.262 e. The molecule has 1 aromatic carbocycles. The van der Waals surface area contributed by atoms with Crippen molar-refractivity contribution in [3.8, 4) is 11.1 Å². The topological polar surface area (TPSA) is 67.2 Å². The summed E-state index contributed by atoms with van der Waals surface area (Å²) in [6.45, 7) is 7.35. The summed E-state index contributed by atoms with van der Waals surface area (Å²) in [6, 6.07) is 8.58. The van der Waals surface area contributed by atoms with Gasteiger partial charge < -0.3 is 5.32 Å². The van der Waals surface area contributed by atoms with E-state index in [1.807, 2.05) is 36.6 Å². The van der Waals surface area contributed by atoms with Crippen molar-refractivity contribution in [2.75, 3.05) is 19.6 Å². The van der Waals surface area contributed by atoms with Crippen LogP contribution in [0.15, 0.2) is 40.8 Å². The number of aromatic nitrogens is 2. The average Bonchev–Trinajstić information content (AvgIpc) is 3.39. The van der Waals surface area contributed by atoms with Crippen LogP contribution in [0.1, 0.15) is 31.7 Å². The minimum atomic E-state index is -0.0856. The molecule has 1 amide bonds. The van der Waals surface area contributed by atoms with Gasteiger partial charge in [-0.3, -0.25) is 19.1 Å². The van der Waals surface area contributed by atoms with Crippen LogP contribution in [-0.2, 0) is 11.3 Å². The highest BCUT2D eigenvalue weighted by Gasteiger charge is 2.23. The molecule has 158 valence electrons. The van der Waals surface area contributed by atoms with E-state index >= 15 is 0 Å². The predicted molar refractivity (Wildman–Crippen MR) is 122 cm³/mol. The predicted octanol–water partition coefficient (Wildman–Crippen LogP) is 3.42. The second-order valence-corrected chi connectivity index (χ2v) is 8.78. The van der Waals surface area contributed by atoms with Crippen LogP contribution >= 0.6 is 11.3 Å². The molecule has 2 aromatic heterocycles. The number of aryl methyl sites for hydroxylation is 2. The summed E-state index contributed by atoms with van der Waals surface area (Å²) in [4.78, 5) is 33.1. The van der Waals surface area contributed by atoms with Gasteiger partial charge in [0, 0.05) is 36.5 Å². The van der Waals surface area contributed by atoms with Crippen molar-refractivity contribution in [1.29, 1.82) is 0 Å². The second-order valence-electron chi connectivity index (χ2n) is 7.92. The highest BCUT2D eigenvalue weighted by Crippen LogP contribution is 2.30. The van der Waals surface area contributed by atoms with Gasteiger partial charge >= 0.3 is 0 Å². The van der Waals surface area contributed by atoms with E-state index in [0.717, 1.165) is 35.5 Å². The van der Waals surface area contributed by atoms with Crippen molar-refractivity contribution < 1.29 is 4.79 Å². The van der Waals surface area contributed by atoms with Crippen molar-refractivity contribution >= 4 is 27.5 Å². The van der Waals surface area contributed by atoms with Gasteiger partial charge in [0.25, 0.3) is 5.56 Å². The molecule has 1 fully saturated rings. The molecule has 3 heterocycles. The summed E-state index contributed by atoms with van der Waals surface area (Å²) in [5.74, 6) is -0.0194. The van der Waals surface area contributed by atoms with Crippen LogP contribution in [0.3, 0.4) is 0 Å². The first-order valence-electron chi connectivity index (χ1n) is 10.6. The molecule has 3 aromatic rings. The summed E-state index contributed by atoms with van der Waals surface area (Å²) >= 11 is 1.48. The molecule has 0 bridgehead atoms. The highest BCUT2D eigenvalue weighted by atomic mass is 32.1. The first-order valence-corrected chi connectivity index (χ1v) is 11.5. The normalized spacial score (nSPS) is 16.9. The maximum absolute atomic E-state index is 13.1. The van der Waals surface area contributed by atoms with E-state index in [-0.39, 0.29) is 17.9 Å². The number of rotatable bonds is 7. The molecule has 30 heavy (non-hydrogen) atoms. The molecule has 0 spiro atoms. The zero-order valence-corrected chi connectivity index (χ0v) is 18.4. The van der Waals surface area contributed by atoms with Gasteiger partial charge in [-0.05, 0) is 38.4 Å². The first kappa shape index (κ1) is 20.8. The standard InChI is InChI=1S/C23H28N4O2S/c1-3-26-11-4-5-18(26)13-24-20(28)10-12-27-15-25-22-21(23(27)29)19(14-30-22)17-8-6-16(2)7-9-17/h6-9,14-15,18H,3-5,10-13H2,1-2H3,(H,24,28). The van der Waals surface area contributed by atoms with Gasteiger partial charge in [-0.15, -0.1) is 11.3 Å². The van der Waals surface area contributed by atoms with Gasteiger partial charge in [0.2, 0.25) is 5.91 Å².